The highest BCUT2D eigenvalue weighted by Crippen LogP contribution is 2.19. The standard InChI is InChI=1S/C14H11FN2OS/c15-10-7-5-9(6-8-10)13(18)11-3-1-2-4-12(11)17-14(16)19/h1-8H,(H3,16,17,19). The average molecular weight is 274 g/mol. The van der Waals surface area contributed by atoms with Gasteiger partial charge in [0.2, 0.25) is 0 Å². The highest BCUT2D eigenvalue weighted by atomic mass is 32.1. The maximum atomic E-state index is 12.8. The van der Waals surface area contributed by atoms with Gasteiger partial charge in [-0.15, -0.1) is 0 Å². The van der Waals surface area contributed by atoms with Crippen molar-refractivity contribution in [3.05, 3.63) is 65.5 Å². The molecule has 3 nitrogen and oxygen atoms in total. The first-order valence-electron chi connectivity index (χ1n) is 5.53. The number of ketones is 1. The van der Waals surface area contributed by atoms with Crippen LogP contribution in [0.1, 0.15) is 15.9 Å². The van der Waals surface area contributed by atoms with E-state index in [1.807, 2.05) is 0 Å². The molecule has 0 aromatic heterocycles. The van der Waals surface area contributed by atoms with Gasteiger partial charge in [-0.1, -0.05) is 12.1 Å². The molecule has 5 heteroatoms. The highest BCUT2D eigenvalue weighted by molar-refractivity contribution is 7.80. The second kappa shape index (κ2) is 5.58. The number of benzene rings is 2. The van der Waals surface area contributed by atoms with Gasteiger partial charge in [0, 0.05) is 11.1 Å². The van der Waals surface area contributed by atoms with Crippen LogP contribution >= 0.6 is 12.2 Å². The Kier molecular flexibility index (Phi) is 3.87. The van der Waals surface area contributed by atoms with Crippen molar-refractivity contribution < 1.29 is 9.18 Å². The van der Waals surface area contributed by atoms with E-state index in [-0.39, 0.29) is 16.7 Å². The number of hydrogen-bond donors (Lipinski definition) is 2. The van der Waals surface area contributed by atoms with Gasteiger partial charge in [-0.2, -0.15) is 0 Å². The minimum absolute atomic E-state index is 0.0827. The third-order valence-corrected chi connectivity index (χ3v) is 2.64. The summed E-state index contributed by atoms with van der Waals surface area (Å²) in [5.74, 6) is -0.606. The number of thiocarbonyl (C=S) groups is 1. The number of nitrogens with two attached hydrogens (primary N) is 1. The van der Waals surface area contributed by atoms with Crippen molar-refractivity contribution in [2.45, 2.75) is 0 Å². The molecule has 0 spiro atoms. The first-order valence-corrected chi connectivity index (χ1v) is 5.94. The fourth-order valence-corrected chi connectivity index (χ4v) is 1.79. The number of anilines is 1. The molecule has 19 heavy (non-hydrogen) atoms. The minimum atomic E-state index is -0.383. The third kappa shape index (κ3) is 3.14. The van der Waals surface area contributed by atoms with Crippen LogP contribution in [0.4, 0.5) is 10.1 Å². The Bertz CT molecular complexity index is 626. The van der Waals surface area contributed by atoms with Crippen LogP contribution in [0.15, 0.2) is 48.5 Å². The molecule has 2 aromatic rings. The van der Waals surface area contributed by atoms with Crippen LogP contribution in [0, 0.1) is 5.82 Å². The maximum absolute atomic E-state index is 12.8. The highest BCUT2D eigenvalue weighted by Gasteiger charge is 2.13. The predicted molar refractivity (Wildman–Crippen MR) is 76.7 cm³/mol. The maximum Gasteiger partial charge on any atom is 0.195 e. The van der Waals surface area contributed by atoms with Gasteiger partial charge in [-0.25, -0.2) is 4.39 Å². The summed E-state index contributed by atoms with van der Waals surface area (Å²) in [6.07, 6.45) is 0. The average Bonchev–Trinajstić information content (AvgIpc) is 2.39. The lowest BCUT2D eigenvalue weighted by atomic mass is 10.0. The normalized spacial score (nSPS) is 9.95. The van der Waals surface area contributed by atoms with Gasteiger partial charge in [0.15, 0.2) is 10.9 Å². The number of carbonyl (C=O) groups is 1. The van der Waals surface area contributed by atoms with E-state index in [2.05, 4.69) is 5.32 Å². The molecule has 0 aliphatic carbocycles. The van der Waals surface area contributed by atoms with E-state index in [4.69, 9.17) is 18.0 Å². The summed E-state index contributed by atoms with van der Waals surface area (Å²) >= 11 is 4.76. The third-order valence-electron chi connectivity index (χ3n) is 2.54. The first kappa shape index (κ1) is 13.2. The van der Waals surface area contributed by atoms with Gasteiger partial charge in [0.25, 0.3) is 0 Å². The molecule has 0 radical (unpaired) electrons. The number of para-hydroxylation sites is 1. The van der Waals surface area contributed by atoms with Crippen molar-refractivity contribution in [3.8, 4) is 0 Å². The zero-order valence-electron chi connectivity index (χ0n) is 9.89. The Labute approximate surface area is 115 Å². The molecule has 2 aromatic carbocycles. The summed E-state index contributed by atoms with van der Waals surface area (Å²) in [5, 5.41) is 2.83. The molecule has 2 rings (SSSR count). The summed E-state index contributed by atoms with van der Waals surface area (Å²) in [7, 11) is 0. The molecule has 0 atom stereocenters. The van der Waals surface area contributed by atoms with Crippen molar-refractivity contribution >= 4 is 28.8 Å². The van der Waals surface area contributed by atoms with E-state index in [9.17, 15) is 9.18 Å². The van der Waals surface area contributed by atoms with Crippen molar-refractivity contribution in [3.63, 3.8) is 0 Å². The van der Waals surface area contributed by atoms with Crippen molar-refractivity contribution in [2.24, 2.45) is 5.73 Å². The zero-order chi connectivity index (χ0) is 13.8. The molecule has 0 saturated heterocycles. The summed E-state index contributed by atoms with van der Waals surface area (Å²) in [6.45, 7) is 0. The van der Waals surface area contributed by atoms with E-state index in [0.29, 0.717) is 16.8 Å². The molecule has 0 saturated carbocycles. The van der Waals surface area contributed by atoms with Crippen LogP contribution in [-0.2, 0) is 0 Å². The number of carbonyl (C=O) groups excluding carboxylic acids is 1. The summed E-state index contributed by atoms with van der Waals surface area (Å²) < 4.78 is 12.8. The molecule has 0 aliphatic rings. The van der Waals surface area contributed by atoms with Crippen LogP contribution in [0.5, 0.6) is 0 Å². The molecule has 0 amide bonds. The van der Waals surface area contributed by atoms with Gasteiger partial charge in [-0.3, -0.25) is 4.79 Å². The molecule has 0 bridgehead atoms. The quantitative estimate of drug-likeness (QED) is 0.667. The number of nitrogens with one attached hydrogen (secondary N) is 1. The van der Waals surface area contributed by atoms with Crippen LogP contribution in [0.3, 0.4) is 0 Å². The summed E-state index contributed by atoms with van der Waals surface area (Å²) in [4.78, 5) is 12.3. The van der Waals surface area contributed by atoms with Gasteiger partial charge >= 0.3 is 0 Å². The fraction of sp³-hybridized carbons (Fsp3) is 0. The zero-order valence-corrected chi connectivity index (χ0v) is 10.7. The van der Waals surface area contributed by atoms with Crippen LogP contribution in [0.25, 0.3) is 0 Å². The summed E-state index contributed by atoms with van der Waals surface area (Å²) in [5.41, 5.74) is 6.78. The molecule has 0 aliphatic heterocycles. The lowest BCUT2D eigenvalue weighted by Crippen LogP contribution is -2.20. The number of hydrogen-bond acceptors (Lipinski definition) is 2. The van der Waals surface area contributed by atoms with Crippen molar-refractivity contribution in [2.75, 3.05) is 5.32 Å². The van der Waals surface area contributed by atoms with Gasteiger partial charge in [0.1, 0.15) is 5.82 Å². The van der Waals surface area contributed by atoms with Crippen LogP contribution in [-0.4, -0.2) is 10.9 Å². The largest absolute Gasteiger partial charge is 0.376 e. The molecular formula is C14H11FN2OS. The van der Waals surface area contributed by atoms with E-state index in [1.54, 1.807) is 24.3 Å². The summed E-state index contributed by atoms with van der Waals surface area (Å²) in [6, 6.07) is 12.2. The molecular weight excluding hydrogens is 263 g/mol. The lowest BCUT2D eigenvalue weighted by molar-refractivity contribution is 0.103. The second-order valence-corrected chi connectivity index (χ2v) is 4.31. The molecule has 0 heterocycles. The Morgan fingerprint density at radius 1 is 1.11 bits per heavy atom. The van der Waals surface area contributed by atoms with E-state index >= 15 is 0 Å². The molecule has 0 unspecified atom stereocenters. The monoisotopic (exact) mass is 274 g/mol. The van der Waals surface area contributed by atoms with Gasteiger partial charge in [-0.05, 0) is 48.6 Å². The van der Waals surface area contributed by atoms with Gasteiger partial charge < -0.3 is 11.1 Å². The molecule has 0 fully saturated rings. The first-order chi connectivity index (χ1) is 9.08. The van der Waals surface area contributed by atoms with E-state index in [0.717, 1.165) is 0 Å². The smallest absolute Gasteiger partial charge is 0.195 e. The van der Waals surface area contributed by atoms with Crippen LogP contribution < -0.4 is 11.1 Å². The SMILES string of the molecule is NC(=S)Nc1ccccc1C(=O)c1ccc(F)cc1. The Hall–Kier alpha value is -2.27. The molecule has 96 valence electrons. The minimum Gasteiger partial charge on any atom is -0.376 e. The Morgan fingerprint density at radius 3 is 2.37 bits per heavy atom. The van der Waals surface area contributed by atoms with E-state index in [1.165, 1.54) is 24.3 Å². The van der Waals surface area contributed by atoms with Crippen LogP contribution in [0.2, 0.25) is 0 Å². The lowest BCUT2D eigenvalue weighted by Gasteiger charge is -2.09. The van der Waals surface area contributed by atoms with Crippen molar-refractivity contribution in [1.82, 2.24) is 0 Å². The predicted octanol–water partition coefficient (Wildman–Crippen LogP) is 2.71. The second-order valence-electron chi connectivity index (χ2n) is 3.87. The van der Waals surface area contributed by atoms with E-state index < -0.39 is 0 Å². The Morgan fingerprint density at radius 2 is 1.74 bits per heavy atom. The fourth-order valence-electron chi connectivity index (χ4n) is 1.68. The number of rotatable bonds is 3. The molecule has 3 N–H and O–H groups in total. The topological polar surface area (TPSA) is 55.1 Å². The van der Waals surface area contributed by atoms with Gasteiger partial charge in [0.05, 0.1) is 5.69 Å². The Balaban J connectivity index is 2.38. The number of halogens is 1. The van der Waals surface area contributed by atoms with Crippen molar-refractivity contribution in [1.29, 1.82) is 0 Å².